The molecule has 0 heterocycles. The largest absolute Gasteiger partial charge is 0.346 e. The van der Waals surface area contributed by atoms with Crippen LogP contribution in [0.4, 0.5) is 0 Å². The van der Waals surface area contributed by atoms with Crippen LogP contribution in [-0.4, -0.2) is 20.0 Å². The molecule has 13 heavy (non-hydrogen) atoms. The van der Waals surface area contributed by atoms with Gasteiger partial charge in [0.1, 0.15) is 0 Å². The molecule has 0 unspecified atom stereocenters. The highest BCUT2D eigenvalue weighted by Crippen LogP contribution is 2.19. The summed E-state index contributed by atoms with van der Waals surface area (Å²) in [6.07, 6.45) is 3.92. The number of allylic oxidation sites excluding steroid dienone is 2. The summed E-state index contributed by atoms with van der Waals surface area (Å²) in [7, 11) is 3.28. The van der Waals surface area contributed by atoms with Gasteiger partial charge in [-0.05, 0) is 39.8 Å². The number of ether oxygens (including phenoxy) is 2. The van der Waals surface area contributed by atoms with Crippen molar-refractivity contribution >= 4 is 0 Å². The molecule has 0 atom stereocenters. The Labute approximate surface area is 81.2 Å². The van der Waals surface area contributed by atoms with E-state index in [0.717, 1.165) is 0 Å². The van der Waals surface area contributed by atoms with Crippen molar-refractivity contribution in [1.82, 2.24) is 0 Å². The molecule has 0 amide bonds. The van der Waals surface area contributed by atoms with E-state index in [2.05, 4.69) is 0 Å². The summed E-state index contributed by atoms with van der Waals surface area (Å²) in [6, 6.07) is 0. The van der Waals surface area contributed by atoms with E-state index in [1.165, 1.54) is 11.1 Å². The van der Waals surface area contributed by atoms with Crippen molar-refractivity contribution in [2.24, 2.45) is 0 Å². The first kappa shape index (κ1) is 12.4. The minimum absolute atomic E-state index is 0.697. The van der Waals surface area contributed by atoms with Crippen LogP contribution in [-0.2, 0) is 9.47 Å². The Morgan fingerprint density at radius 1 is 0.846 bits per heavy atom. The van der Waals surface area contributed by atoms with Crippen molar-refractivity contribution < 1.29 is 9.47 Å². The molecule has 0 aromatic carbocycles. The highest BCUT2D eigenvalue weighted by atomic mass is 16.7. The molecule has 0 spiro atoms. The Balaban J connectivity index is 4.92. The fourth-order valence-corrected chi connectivity index (χ4v) is 1.17. The average molecular weight is 184 g/mol. The Hall–Kier alpha value is -0.600. The van der Waals surface area contributed by atoms with Gasteiger partial charge in [-0.15, -0.1) is 0 Å². The van der Waals surface area contributed by atoms with Gasteiger partial charge in [-0.2, -0.15) is 0 Å². The van der Waals surface area contributed by atoms with Crippen LogP contribution in [0.3, 0.4) is 0 Å². The van der Waals surface area contributed by atoms with Crippen LogP contribution in [0.15, 0.2) is 23.3 Å². The molecule has 0 N–H and O–H groups in total. The van der Waals surface area contributed by atoms with E-state index in [1.54, 1.807) is 14.2 Å². The summed E-state index contributed by atoms with van der Waals surface area (Å²) in [6.45, 7) is 8.08. The van der Waals surface area contributed by atoms with Gasteiger partial charge in [-0.1, -0.05) is 11.1 Å². The van der Waals surface area contributed by atoms with Crippen molar-refractivity contribution in [3.8, 4) is 0 Å². The van der Waals surface area contributed by atoms with Gasteiger partial charge in [0.05, 0.1) is 0 Å². The first-order valence-corrected chi connectivity index (χ1v) is 4.38. The maximum absolute atomic E-state index is 5.33. The van der Waals surface area contributed by atoms with E-state index < -0.39 is 5.79 Å². The summed E-state index contributed by atoms with van der Waals surface area (Å²) >= 11 is 0. The molecule has 0 fully saturated rings. The second kappa shape index (κ2) is 5.20. The van der Waals surface area contributed by atoms with Gasteiger partial charge in [0.25, 0.3) is 0 Å². The van der Waals surface area contributed by atoms with E-state index in [9.17, 15) is 0 Å². The van der Waals surface area contributed by atoms with Gasteiger partial charge < -0.3 is 9.47 Å². The normalized spacial score (nSPS) is 10.9. The zero-order chi connectivity index (χ0) is 10.5. The first-order valence-electron chi connectivity index (χ1n) is 4.38. The molecule has 2 heteroatoms. The molecule has 76 valence electrons. The highest BCUT2D eigenvalue weighted by Gasteiger charge is 2.22. The van der Waals surface area contributed by atoms with Crippen LogP contribution < -0.4 is 0 Å². The Bertz CT molecular complexity index is 182. The van der Waals surface area contributed by atoms with Gasteiger partial charge >= 0.3 is 0 Å². The number of rotatable bonds is 4. The molecule has 0 aliphatic rings. The van der Waals surface area contributed by atoms with Crippen LogP contribution in [0.2, 0.25) is 0 Å². The topological polar surface area (TPSA) is 18.5 Å². The summed E-state index contributed by atoms with van der Waals surface area (Å²) < 4.78 is 10.7. The minimum atomic E-state index is -0.697. The fourth-order valence-electron chi connectivity index (χ4n) is 1.17. The van der Waals surface area contributed by atoms with Crippen LogP contribution in [0.5, 0.6) is 0 Å². The van der Waals surface area contributed by atoms with Crippen LogP contribution in [0, 0.1) is 0 Å². The third-order valence-electron chi connectivity index (χ3n) is 1.62. The third-order valence-corrected chi connectivity index (χ3v) is 1.62. The van der Waals surface area contributed by atoms with Crippen molar-refractivity contribution in [2.45, 2.75) is 33.5 Å². The SMILES string of the molecule is COC(C=C(C)C)(C=C(C)C)OC. The van der Waals surface area contributed by atoms with Gasteiger partial charge in [0, 0.05) is 14.2 Å². The van der Waals surface area contributed by atoms with Crippen LogP contribution in [0.1, 0.15) is 27.7 Å². The molecule has 0 saturated carbocycles. The lowest BCUT2D eigenvalue weighted by atomic mass is 10.1. The molecule has 0 aliphatic carbocycles. The highest BCUT2D eigenvalue weighted by molar-refractivity contribution is 5.16. The lowest BCUT2D eigenvalue weighted by Crippen LogP contribution is -2.29. The molecule has 2 nitrogen and oxygen atoms in total. The number of hydrogen-bond acceptors (Lipinski definition) is 2. The molecule has 0 aromatic heterocycles. The van der Waals surface area contributed by atoms with Crippen molar-refractivity contribution in [2.75, 3.05) is 14.2 Å². The third kappa shape index (κ3) is 4.25. The van der Waals surface area contributed by atoms with E-state index in [4.69, 9.17) is 9.47 Å². The maximum Gasteiger partial charge on any atom is 0.207 e. The smallest absolute Gasteiger partial charge is 0.207 e. The monoisotopic (exact) mass is 184 g/mol. The standard InChI is InChI=1S/C11H20O2/c1-9(2)7-11(12-5,13-6)8-10(3)4/h7-8H,1-6H3. The molecule has 0 bridgehead atoms. The Morgan fingerprint density at radius 2 is 1.15 bits per heavy atom. The summed E-state index contributed by atoms with van der Waals surface area (Å²) in [4.78, 5) is 0. The second-order valence-electron chi connectivity index (χ2n) is 3.57. The van der Waals surface area contributed by atoms with Crippen molar-refractivity contribution in [3.05, 3.63) is 23.3 Å². The molecule has 0 aliphatic heterocycles. The molecule has 0 radical (unpaired) electrons. The minimum Gasteiger partial charge on any atom is -0.346 e. The van der Waals surface area contributed by atoms with Gasteiger partial charge in [-0.25, -0.2) is 0 Å². The molecule has 0 aromatic rings. The van der Waals surface area contributed by atoms with E-state index in [0.29, 0.717) is 0 Å². The van der Waals surface area contributed by atoms with E-state index in [-0.39, 0.29) is 0 Å². The molecular weight excluding hydrogens is 164 g/mol. The Morgan fingerprint density at radius 3 is 1.31 bits per heavy atom. The number of hydrogen-bond donors (Lipinski definition) is 0. The maximum atomic E-state index is 5.33. The van der Waals surface area contributed by atoms with E-state index >= 15 is 0 Å². The summed E-state index contributed by atoms with van der Waals surface area (Å²) in [5, 5.41) is 0. The zero-order valence-corrected chi connectivity index (χ0v) is 9.47. The average Bonchev–Trinajstić information content (AvgIpc) is 2.01. The van der Waals surface area contributed by atoms with Crippen LogP contribution in [0.25, 0.3) is 0 Å². The van der Waals surface area contributed by atoms with Crippen molar-refractivity contribution in [3.63, 3.8) is 0 Å². The quantitative estimate of drug-likeness (QED) is 0.494. The summed E-state index contributed by atoms with van der Waals surface area (Å²) in [5.74, 6) is -0.697. The first-order chi connectivity index (χ1) is 5.95. The molecule has 0 saturated heterocycles. The fraction of sp³-hybridized carbons (Fsp3) is 0.636. The number of methoxy groups -OCH3 is 2. The summed E-state index contributed by atoms with van der Waals surface area (Å²) in [5.41, 5.74) is 2.34. The Kier molecular flexibility index (Phi) is 4.96. The lowest BCUT2D eigenvalue weighted by Gasteiger charge is -2.25. The zero-order valence-electron chi connectivity index (χ0n) is 9.47. The molecular formula is C11H20O2. The predicted molar refractivity (Wildman–Crippen MR) is 55.6 cm³/mol. The van der Waals surface area contributed by atoms with E-state index in [1.807, 2.05) is 39.8 Å². The lowest BCUT2D eigenvalue weighted by molar-refractivity contribution is -0.134. The van der Waals surface area contributed by atoms with Gasteiger partial charge in [0.15, 0.2) is 0 Å². The van der Waals surface area contributed by atoms with Crippen molar-refractivity contribution in [1.29, 1.82) is 0 Å². The van der Waals surface area contributed by atoms with Crippen LogP contribution >= 0.6 is 0 Å². The predicted octanol–water partition coefficient (Wildman–Crippen LogP) is 2.91. The molecule has 0 rings (SSSR count). The second-order valence-corrected chi connectivity index (χ2v) is 3.57. The van der Waals surface area contributed by atoms with Gasteiger partial charge in [0.2, 0.25) is 5.79 Å². The van der Waals surface area contributed by atoms with Gasteiger partial charge in [-0.3, -0.25) is 0 Å².